The third-order valence-corrected chi connectivity index (χ3v) is 4.80. The fourth-order valence-electron chi connectivity index (χ4n) is 3.30. The summed E-state index contributed by atoms with van der Waals surface area (Å²) in [4.78, 5) is 41.5. The molecular weight excluding hydrogens is 374 g/mol. The summed E-state index contributed by atoms with van der Waals surface area (Å²) in [6, 6.07) is 12.5. The van der Waals surface area contributed by atoms with Crippen LogP contribution in [-0.2, 0) is 25.4 Å². The van der Waals surface area contributed by atoms with Crippen molar-refractivity contribution in [3.05, 3.63) is 87.2 Å². The number of nitrogens with zero attached hydrogens (tertiary/aromatic N) is 4. The third kappa shape index (κ3) is 3.27. The minimum atomic E-state index is -0.501. The van der Waals surface area contributed by atoms with Gasteiger partial charge in [-0.2, -0.15) is 0 Å². The van der Waals surface area contributed by atoms with Crippen LogP contribution in [-0.4, -0.2) is 24.6 Å². The number of imidazole rings is 1. The molecule has 1 atom stereocenters. The van der Waals surface area contributed by atoms with Crippen LogP contribution in [0, 0.1) is 0 Å². The fourth-order valence-corrected chi connectivity index (χ4v) is 3.30. The zero-order valence-corrected chi connectivity index (χ0v) is 15.9. The minimum absolute atomic E-state index is 0.131. The summed E-state index contributed by atoms with van der Waals surface area (Å²) < 4.78 is 9.21. The maximum Gasteiger partial charge on any atom is 0.332 e. The molecule has 148 valence electrons. The second-order valence-electron chi connectivity index (χ2n) is 6.68. The number of furan rings is 1. The van der Waals surface area contributed by atoms with Crippen LogP contribution in [0.5, 0.6) is 0 Å². The molecule has 4 rings (SSSR count). The lowest BCUT2D eigenvalue weighted by atomic mass is 10.0. The van der Waals surface area contributed by atoms with Crippen molar-refractivity contribution in [3.63, 3.8) is 0 Å². The highest BCUT2D eigenvalue weighted by atomic mass is 16.3. The van der Waals surface area contributed by atoms with Gasteiger partial charge in [0.2, 0.25) is 5.91 Å². The van der Waals surface area contributed by atoms with E-state index in [9.17, 15) is 14.4 Å². The quantitative estimate of drug-likeness (QED) is 0.543. The van der Waals surface area contributed by atoms with Crippen molar-refractivity contribution in [3.8, 4) is 0 Å². The summed E-state index contributed by atoms with van der Waals surface area (Å²) in [7, 11) is 2.92. The van der Waals surface area contributed by atoms with Crippen LogP contribution in [0.3, 0.4) is 0 Å². The topological polar surface area (TPSA) is 104 Å². The number of carbonyl (C=O) groups is 1. The number of aromatic nitrogens is 4. The maximum atomic E-state index is 12.8. The zero-order valence-electron chi connectivity index (χ0n) is 15.9. The number of benzene rings is 1. The highest BCUT2D eigenvalue weighted by Crippen LogP contribution is 2.22. The summed E-state index contributed by atoms with van der Waals surface area (Å²) in [5.41, 5.74) is 0.318. The number of rotatable bonds is 5. The summed E-state index contributed by atoms with van der Waals surface area (Å²) in [5, 5.41) is 2.94. The first kappa shape index (κ1) is 18.5. The van der Waals surface area contributed by atoms with Crippen molar-refractivity contribution in [2.75, 3.05) is 0 Å². The molecule has 1 unspecified atom stereocenters. The SMILES string of the molecule is Cn1c(=O)c2c(ncn2CC(=O)NC(c2ccccc2)c2ccco2)n(C)c1=O. The molecule has 0 aliphatic heterocycles. The predicted molar refractivity (Wildman–Crippen MR) is 105 cm³/mol. The molecule has 0 spiro atoms. The third-order valence-electron chi connectivity index (χ3n) is 4.80. The molecule has 1 N–H and O–H groups in total. The van der Waals surface area contributed by atoms with Crippen molar-refractivity contribution in [2.45, 2.75) is 12.6 Å². The molecule has 3 aromatic heterocycles. The van der Waals surface area contributed by atoms with Gasteiger partial charge in [-0.1, -0.05) is 30.3 Å². The van der Waals surface area contributed by atoms with Gasteiger partial charge in [-0.05, 0) is 17.7 Å². The lowest BCUT2D eigenvalue weighted by Gasteiger charge is -2.17. The molecule has 3 heterocycles. The number of aryl methyl sites for hydroxylation is 1. The summed E-state index contributed by atoms with van der Waals surface area (Å²) in [6.07, 6.45) is 2.93. The summed E-state index contributed by atoms with van der Waals surface area (Å²) in [6.45, 7) is -0.131. The van der Waals surface area contributed by atoms with Crippen LogP contribution >= 0.6 is 0 Å². The van der Waals surface area contributed by atoms with Crippen LogP contribution in [0.1, 0.15) is 17.4 Å². The zero-order chi connectivity index (χ0) is 20.5. The molecule has 1 amide bonds. The van der Waals surface area contributed by atoms with Gasteiger partial charge in [0.15, 0.2) is 11.2 Å². The highest BCUT2D eigenvalue weighted by molar-refractivity contribution is 5.79. The molecule has 0 radical (unpaired) electrons. The standard InChI is InChI=1S/C20H19N5O4/c1-23-18-17(19(27)24(2)20(23)28)25(12-21-18)11-15(26)22-16(14-9-6-10-29-14)13-7-4-3-5-8-13/h3-10,12,16H,11H2,1-2H3,(H,22,26). The first-order valence-electron chi connectivity index (χ1n) is 8.96. The Hall–Kier alpha value is -3.88. The first-order valence-corrected chi connectivity index (χ1v) is 8.96. The number of fused-ring (bicyclic) bond motifs is 1. The smallest absolute Gasteiger partial charge is 0.332 e. The number of hydrogen-bond donors (Lipinski definition) is 1. The molecule has 0 bridgehead atoms. The maximum absolute atomic E-state index is 12.8. The average Bonchev–Trinajstić information content (AvgIpc) is 3.40. The van der Waals surface area contributed by atoms with Crippen molar-refractivity contribution in [1.29, 1.82) is 0 Å². The Balaban J connectivity index is 1.66. The van der Waals surface area contributed by atoms with E-state index in [1.54, 1.807) is 18.4 Å². The normalized spacial score (nSPS) is 12.2. The van der Waals surface area contributed by atoms with Crippen molar-refractivity contribution >= 4 is 17.1 Å². The van der Waals surface area contributed by atoms with Crippen LogP contribution < -0.4 is 16.6 Å². The van der Waals surface area contributed by atoms with E-state index in [2.05, 4.69) is 10.3 Å². The van der Waals surface area contributed by atoms with Gasteiger partial charge in [0.1, 0.15) is 18.3 Å². The molecule has 4 aromatic rings. The summed E-state index contributed by atoms with van der Waals surface area (Å²) in [5.74, 6) is 0.267. The van der Waals surface area contributed by atoms with Gasteiger partial charge < -0.3 is 14.3 Å². The van der Waals surface area contributed by atoms with E-state index in [0.717, 1.165) is 10.1 Å². The van der Waals surface area contributed by atoms with E-state index in [-0.39, 0.29) is 23.6 Å². The van der Waals surface area contributed by atoms with E-state index in [1.165, 1.54) is 29.6 Å². The van der Waals surface area contributed by atoms with Crippen LogP contribution in [0.15, 0.2) is 69.1 Å². The van der Waals surface area contributed by atoms with Gasteiger partial charge in [-0.15, -0.1) is 0 Å². The monoisotopic (exact) mass is 393 g/mol. The fraction of sp³-hybridized carbons (Fsp3) is 0.200. The lowest BCUT2D eigenvalue weighted by Crippen LogP contribution is -2.38. The van der Waals surface area contributed by atoms with Crippen molar-refractivity contribution < 1.29 is 9.21 Å². The second kappa shape index (κ2) is 7.27. The Morgan fingerprint density at radius 2 is 1.86 bits per heavy atom. The molecule has 0 fully saturated rings. The molecule has 0 aliphatic carbocycles. The summed E-state index contributed by atoms with van der Waals surface area (Å²) >= 11 is 0. The van der Waals surface area contributed by atoms with E-state index < -0.39 is 17.3 Å². The highest BCUT2D eigenvalue weighted by Gasteiger charge is 2.21. The van der Waals surface area contributed by atoms with Crippen LogP contribution in [0.2, 0.25) is 0 Å². The molecule has 9 nitrogen and oxygen atoms in total. The van der Waals surface area contributed by atoms with Crippen LogP contribution in [0.4, 0.5) is 0 Å². The Morgan fingerprint density at radius 1 is 1.10 bits per heavy atom. The van der Waals surface area contributed by atoms with Crippen molar-refractivity contribution in [2.24, 2.45) is 14.1 Å². The molecule has 29 heavy (non-hydrogen) atoms. The molecule has 0 saturated carbocycles. The number of nitrogens with one attached hydrogen (secondary N) is 1. The number of amides is 1. The van der Waals surface area contributed by atoms with Gasteiger partial charge in [-0.3, -0.25) is 18.7 Å². The first-order chi connectivity index (χ1) is 14.0. The Labute approximate surface area is 164 Å². The Kier molecular flexibility index (Phi) is 4.63. The molecule has 1 aromatic carbocycles. The van der Waals surface area contributed by atoms with Gasteiger partial charge in [-0.25, -0.2) is 9.78 Å². The lowest BCUT2D eigenvalue weighted by molar-refractivity contribution is -0.122. The van der Waals surface area contributed by atoms with Gasteiger partial charge >= 0.3 is 5.69 Å². The van der Waals surface area contributed by atoms with E-state index >= 15 is 0 Å². The second-order valence-corrected chi connectivity index (χ2v) is 6.68. The van der Waals surface area contributed by atoms with E-state index in [0.29, 0.717) is 5.76 Å². The Bertz CT molecular complexity index is 1280. The van der Waals surface area contributed by atoms with Crippen molar-refractivity contribution in [1.82, 2.24) is 24.0 Å². The van der Waals surface area contributed by atoms with Crippen LogP contribution in [0.25, 0.3) is 11.2 Å². The van der Waals surface area contributed by atoms with Gasteiger partial charge in [0.25, 0.3) is 5.56 Å². The average molecular weight is 393 g/mol. The van der Waals surface area contributed by atoms with Gasteiger partial charge in [0.05, 0.1) is 12.6 Å². The number of hydrogen-bond acceptors (Lipinski definition) is 5. The Morgan fingerprint density at radius 3 is 2.55 bits per heavy atom. The molecule has 9 heteroatoms. The largest absolute Gasteiger partial charge is 0.467 e. The predicted octanol–water partition coefficient (Wildman–Crippen LogP) is 0.932. The van der Waals surface area contributed by atoms with E-state index in [4.69, 9.17) is 4.42 Å². The minimum Gasteiger partial charge on any atom is -0.467 e. The number of carbonyl (C=O) groups excluding carboxylic acids is 1. The van der Waals surface area contributed by atoms with E-state index in [1.807, 2.05) is 30.3 Å². The van der Waals surface area contributed by atoms with Gasteiger partial charge in [0, 0.05) is 14.1 Å². The molecular formula is C20H19N5O4. The molecule has 0 saturated heterocycles. The molecule has 0 aliphatic rings.